The van der Waals surface area contributed by atoms with Crippen molar-refractivity contribution in [1.82, 2.24) is 10.2 Å². The highest BCUT2D eigenvalue weighted by atomic mass is 16.5. The Labute approximate surface area is 112 Å². The fourth-order valence-corrected chi connectivity index (χ4v) is 3.40. The first-order valence-electron chi connectivity index (χ1n) is 7.68. The molecule has 0 saturated carbocycles. The highest BCUT2D eigenvalue weighted by Gasteiger charge is 2.42. The first-order chi connectivity index (χ1) is 8.62. The molecule has 0 radical (unpaired) electrons. The third-order valence-corrected chi connectivity index (χ3v) is 4.61. The smallest absolute Gasteiger partial charge is 0.0848 e. The Balaban J connectivity index is 2.00. The summed E-state index contributed by atoms with van der Waals surface area (Å²) < 4.78 is 6.29. The van der Waals surface area contributed by atoms with Crippen LogP contribution < -0.4 is 5.32 Å². The number of rotatable bonds is 3. The molecule has 2 heterocycles. The van der Waals surface area contributed by atoms with Crippen molar-refractivity contribution in [3.63, 3.8) is 0 Å². The van der Waals surface area contributed by atoms with E-state index in [2.05, 4.69) is 31.1 Å². The lowest BCUT2D eigenvalue weighted by Gasteiger charge is -2.44. The van der Waals surface area contributed by atoms with Gasteiger partial charge in [0.2, 0.25) is 0 Å². The van der Waals surface area contributed by atoms with Gasteiger partial charge in [-0.05, 0) is 51.6 Å². The van der Waals surface area contributed by atoms with Crippen molar-refractivity contribution in [2.24, 2.45) is 5.92 Å². The molecule has 2 aliphatic rings. The van der Waals surface area contributed by atoms with Gasteiger partial charge in [0, 0.05) is 19.1 Å². The van der Waals surface area contributed by atoms with Crippen molar-refractivity contribution >= 4 is 0 Å². The van der Waals surface area contributed by atoms with E-state index in [0.717, 1.165) is 19.1 Å². The molecular weight excluding hydrogens is 224 g/mol. The third kappa shape index (κ3) is 3.46. The zero-order valence-electron chi connectivity index (χ0n) is 12.4. The summed E-state index contributed by atoms with van der Waals surface area (Å²) in [4.78, 5) is 2.45. The quantitative estimate of drug-likeness (QED) is 0.836. The number of morpholine rings is 1. The fourth-order valence-electron chi connectivity index (χ4n) is 3.40. The molecule has 0 amide bonds. The SMILES string of the molecule is CC(C)CCC1NCCOC12CCCN(C)CC2. The monoisotopic (exact) mass is 254 g/mol. The molecule has 2 fully saturated rings. The molecule has 18 heavy (non-hydrogen) atoms. The minimum absolute atomic E-state index is 0.123. The summed E-state index contributed by atoms with van der Waals surface area (Å²) in [7, 11) is 2.23. The van der Waals surface area contributed by atoms with Crippen molar-refractivity contribution in [1.29, 1.82) is 0 Å². The molecule has 0 bridgehead atoms. The first-order valence-corrected chi connectivity index (χ1v) is 7.68. The summed E-state index contributed by atoms with van der Waals surface area (Å²) in [5.41, 5.74) is 0.123. The van der Waals surface area contributed by atoms with E-state index in [0.29, 0.717) is 6.04 Å². The van der Waals surface area contributed by atoms with Gasteiger partial charge in [0.15, 0.2) is 0 Å². The number of hydrogen-bond donors (Lipinski definition) is 1. The van der Waals surface area contributed by atoms with Gasteiger partial charge in [0.1, 0.15) is 0 Å². The Kier molecular flexibility index (Phi) is 5.05. The second kappa shape index (κ2) is 6.36. The second-order valence-electron chi connectivity index (χ2n) is 6.55. The van der Waals surface area contributed by atoms with Gasteiger partial charge in [-0.1, -0.05) is 13.8 Å². The predicted octanol–water partition coefficient (Wildman–Crippen LogP) is 2.27. The van der Waals surface area contributed by atoms with Gasteiger partial charge in [-0.2, -0.15) is 0 Å². The number of hydrogen-bond acceptors (Lipinski definition) is 3. The zero-order chi connectivity index (χ0) is 13.0. The van der Waals surface area contributed by atoms with Crippen LogP contribution in [0, 0.1) is 5.92 Å². The molecule has 2 unspecified atom stereocenters. The van der Waals surface area contributed by atoms with Crippen molar-refractivity contribution in [2.45, 2.75) is 57.6 Å². The summed E-state index contributed by atoms with van der Waals surface area (Å²) in [5.74, 6) is 0.791. The van der Waals surface area contributed by atoms with Crippen molar-refractivity contribution in [3.8, 4) is 0 Å². The summed E-state index contributed by atoms with van der Waals surface area (Å²) in [6, 6.07) is 0.570. The molecule has 1 N–H and O–H groups in total. The second-order valence-corrected chi connectivity index (χ2v) is 6.55. The average Bonchev–Trinajstić information content (AvgIpc) is 2.52. The van der Waals surface area contributed by atoms with Crippen LogP contribution in [0.15, 0.2) is 0 Å². The first kappa shape index (κ1) is 14.3. The van der Waals surface area contributed by atoms with Gasteiger partial charge in [-0.15, -0.1) is 0 Å². The highest BCUT2D eigenvalue weighted by molar-refractivity contribution is 4.97. The molecule has 2 saturated heterocycles. The lowest BCUT2D eigenvalue weighted by molar-refractivity contribution is -0.107. The van der Waals surface area contributed by atoms with Crippen molar-refractivity contribution in [2.75, 3.05) is 33.3 Å². The molecule has 1 spiro atoms. The molecule has 3 heteroatoms. The normalized spacial score (nSPS) is 35.0. The summed E-state index contributed by atoms with van der Waals surface area (Å²) in [5, 5.41) is 3.73. The van der Waals surface area contributed by atoms with Crippen LogP contribution >= 0.6 is 0 Å². The molecule has 2 atom stereocenters. The third-order valence-electron chi connectivity index (χ3n) is 4.61. The van der Waals surface area contributed by atoms with Crippen LogP contribution in [-0.4, -0.2) is 49.8 Å². The maximum Gasteiger partial charge on any atom is 0.0848 e. The predicted molar refractivity (Wildman–Crippen MR) is 75.9 cm³/mol. The molecule has 2 aliphatic heterocycles. The topological polar surface area (TPSA) is 24.5 Å². The number of nitrogens with one attached hydrogen (secondary N) is 1. The molecule has 0 aliphatic carbocycles. The van der Waals surface area contributed by atoms with E-state index in [1.807, 2.05) is 0 Å². The molecule has 106 valence electrons. The van der Waals surface area contributed by atoms with Crippen LogP contribution in [0.4, 0.5) is 0 Å². The minimum atomic E-state index is 0.123. The highest BCUT2D eigenvalue weighted by Crippen LogP contribution is 2.34. The van der Waals surface area contributed by atoms with Crippen LogP contribution in [0.1, 0.15) is 46.0 Å². The van der Waals surface area contributed by atoms with Gasteiger partial charge in [0.05, 0.1) is 12.2 Å². The van der Waals surface area contributed by atoms with E-state index >= 15 is 0 Å². The number of likely N-dealkylation sites (tertiary alicyclic amines) is 1. The standard InChI is InChI=1S/C15H30N2O/c1-13(2)5-6-14-15(18-12-9-16-14)7-4-10-17(3)11-8-15/h13-14,16H,4-12H2,1-3H3. The van der Waals surface area contributed by atoms with Crippen LogP contribution in [0.2, 0.25) is 0 Å². The summed E-state index contributed by atoms with van der Waals surface area (Å²) in [6.45, 7) is 8.96. The van der Waals surface area contributed by atoms with Crippen molar-refractivity contribution < 1.29 is 4.74 Å². The Morgan fingerprint density at radius 1 is 1.33 bits per heavy atom. The summed E-state index contributed by atoms with van der Waals surface area (Å²) in [6.07, 6.45) is 6.27. The Morgan fingerprint density at radius 2 is 2.17 bits per heavy atom. The maximum absolute atomic E-state index is 6.29. The van der Waals surface area contributed by atoms with Gasteiger partial charge in [0.25, 0.3) is 0 Å². The maximum atomic E-state index is 6.29. The summed E-state index contributed by atoms with van der Waals surface area (Å²) >= 11 is 0. The van der Waals surface area contributed by atoms with E-state index in [-0.39, 0.29) is 5.60 Å². The molecule has 0 aromatic carbocycles. The van der Waals surface area contributed by atoms with Crippen LogP contribution in [-0.2, 0) is 4.74 Å². The van der Waals surface area contributed by atoms with E-state index in [1.165, 1.54) is 45.2 Å². The Morgan fingerprint density at radius 3 is 2.94 bits per heavy atom. The minimum Gasteiger partial charge on any atom is -0.372 e. The van der Waals surface area contributed by atoms with Crippen LogP contribution in [0.3, 0.4) is 0 Å². The lowest BCUT2D eigenvalue weighted by Crippen LogP contribution is -2.58. The molecule has 0 aromatic rings. The lowest BCUT2D eigenvalue weighted by atomic mass is 9.82. The zero-order valence-corrected chi connectivity index (χ0v) is 12.4. The van der Waals surface area contributed by atoms with Gasteiger partial charge in [-0.3, -0.25) is 0 Å². The van der Waals surface area contributed by atoms with Crippen molar-refractivity contribution in [3.05, 3.63) is 0 Å². The molecule has 2 rings (SSSR count). The van der Waals surface area contributed by atoms with Crippen LogP contribution in [0.25, 0.3) is 0 Å². The largest absolute Gasteiger partial charge is 0.372 e. The molecule has 3 nitrogen and oxygen atoms in total. The molecular formula is C15H30N2O. The number of nitrogens with zero attached hydrogens (tertiary/aromatic N) is 1. The number of ether oxygens (including phenoxy) is 1. The molecule has 0 aromatic heterocycles. The van der Waals surface area contributed by atoms with E-state index in [9.17, 15) is 0 Å². The van der Waals surface area contributed by atoms with E-state index in [4.69, 9.17) is 4.74 Å². The van der Waals surface area contributed by atoms with E-state index in [1.54, 1.807) is 0 Å². The van der Waals surface area contributed by atoms with E-state index < -0.39 is 0 Å². The average molecular weight is 254 g/mol. The van der Waals surface area contributed by atoms with Gasteiger partial charge < -0.3 is 15.0 Å². The van der Waals surface area contributed by atoms with Gasteiger partial charge >= 0.3 is 0 Å². The fraction of sp³-hybridized carbons (Fsp3) is 1.00. The Hall–Kier alpha value is -0.120. The van der Waals surface area contributed by atoms with Crippen LogP contribution in [0.5, 0.6) is 0 Å². The Bertz CT molecular complexity index is 257. The van der Waals surface area contributed by atoms with Gasteiger partial charge in [-0.25, -0.2) is 0 Å².